The molecule has 1 fully saturated rings. The molecule has 0 aliphatic carbocycles. The monoisotopic (exact) mass is 283 g/mol. The molecule has 0 saturated carbocycles. The van der Waals surface area contributed by atoms with Crippen LogP contribution in [-0.4, -0.2) is 29.2 Å². The van der Waals surface area contributed by atoms with Gasteiger partial charge in [0.1, 0.15) is 11.6 Å². The van der Waals surface area contributed by atoms with E-state index >= 15 is 0 Å². The largest absolute Gasteiger partial charge is 0.335 e. The van der Waals surface area contributed by atoms with Crippen molar-refractivity contribution in [3.63, 3.8) is 0 Å². The van der Waals surface area contributed by atoms with E-state index in [0.29, 0.717) is 13.0 Å². The molecule has 5 heteroatoms. The molecule has 0 N–H and O–H groups in total. The third-order valence-corrected chi connectivity index (χ3v) is 3.63. The first-order chi connectivity index (χ1) is 8.99. The molecule has 1 atom stereocenters. The van der Waals surface area contributed by atoms with Gasteiger partial charge in [-0.05, 0) is 38.0 Å². The molecule has 1 unspecified atom stereocenters. The van der Waals surface area contributed by atoms with Gasteiger partial charge in [0.05, 0.1) is 5.02 Å². The van der Waals surface area contributed by atoms with Gasteiger partial charge in [-0.1, -0.05) is 11.6 Å². The molecule has 1 aliphatic heterocycles. The van der Waals surface area contributed by atoms with E-state index < -0.39 is 5.82 Å². The number of hydrogen-bond acceptors (Lipinski definition) is 2. The third-order valence-electron chi connectivity index (χ3n) is 3.33. The Kier molecular flexibility index (Phi) is 4.20. The standard InChI is InChI=1S/C14H15ClFNO2/c1-9(18)7-11-3-2-6-17(11)14(19)10-4-5-12(15)13(16)8-10/h4-5,8,11H,2-3,6-7H2,1H3. The minimum atomic E-state index is -0.602. The van der Waals surface area contributed by atoms with Crippen LogP contribution in [0.5, 0.6) is 0 Å². The van der Waals surface area contributed by atoms with Crippen LogP contribution in [-0.2, 0) is 4.79 Å². The van der Waals surface area contributed by atoms with E-state index in [1.54, 1.807) is 4.90 Å². The summed E-state index contributed by atoms with van der Waals surface area (Å²) in [4.78, 5) is 25.2. The van der Waals surface area contributed by atoms with E-state index in [2.05, 4.69) is 0 Å². The van der Waals surface area contributed by atoms with Crippen LogP contribution < -0.4 is 0 Å². The molecule has 1 aromatic rings. The second-order valence-electron chi connectivity index (χ2n) is 4.83. The van der Waals surface area contributed by atoms with Crippen molar-refractivity contribution in [1.29, 1.82) is 0 Å². The van der Waals surface area contributed by atoms with Gasteiger partial charge in [-0.2, -0.15) is 0 Å². The lowest BCUT2D eigenvalue weighted by atomic mass is 10.1. The van der Waals surface area contributed by atoms with Gasteiger partial charge in [-0.25, -0.2) is 4.39 Å². The Hall–Kier alpha value is -1.42. The maximum absolute atomic E-state index is 13.4. The fourth-order valence-corrected chi connectivity index (χ4v) is 2.56. The van der Waals surface area contributed by atoms with Crippen molar-refractivity contribution in [2.75, 3.05) is 6.54 Å². The van der Waals surface area contributed by atoms with Gasteiger partial charge in [-0.3, -0.25) is 9.59 Å². The molecule has 1 heterocycles. The zero-order valence-corrected chi connectivity index (χ0v) is 11.4. The lowest BCUT2D eigenvalue weighted by Gasteiger charge is -2.24. The average Bonchev–Trinajstić information content (AvgIpc) is 2.79. The smallest absolute Gasteiger partial charge is 0.254 e. The van der Waals surface area contributed by atoms with E-state index in [1.807, 2.05) is 0 Å². The van der Waals surface area contributed by atoms with Crippen molar-refractivity contribution in [3.8, 4) is 0 Å². The van der Waals surface area contributed by atoms with Crippen molar-refractivity contribution in [1.82, 2.24) is 4.90 Å². The Bertz CT molecular complexity index is 518. The van der Waals surface area contributed by atoms with Crippen LogP contribution in [0.1, 0.15) is 36.5 Å². The predicted molar refractivity (Wildman–Crippen MR) is 70.8 cm³/mol. The van der Waals surface area contributed by atoms with Gasteiger partial charge in [0.2, 0.25) is 0 Å². The number of rotatable bonds is 3. The van der Waals surface area contributed by atoms with Gasteiger partial charge >= 0.3 is 0 Å². The summed E-state index contributed by atoms with van der Waals surface area (Å²) in [6, 6.07) is 3.97. The van der Waals surface area contributed by atoms with Gasteiger partial charge in [-0.15, -0.1) is 0 Å². The predicted octanol–water partition coefficient (Wildman–Crippen LogP) is 3.06. The number of likely N-dealkylation sites (tertiary alicyclic amines) is 1. The average molecular weight is 284 g/mol. The third kappa shape index (κ3) is 3.13. The maximum Gasteiger partial charge on any atom is 0.254 e. The topological polar surface area (TPSA) is 37.4 Å². The number of carbonyl (C=O) groups excluding carboxylic acids is 2. The van der Waals surface area contributed by atoms with E-state index in [1.165, 1.54) is 19.1 Å². The lowest BCUT2D eigenvalue weighted by Crippen LogP contribution is -2.36. The zero-order valence-electron chi connectivity index (χ0n) is 10.7. The maximum atomic E-state index is 13.4. The Morgan fingerprint density at radius 1 is 1.47 bits per heavy atom. The van der Waals surface area contributed by atoms with Crippen LogP contribution in [0.15, 0.2) is 18.2 Å². The lowest BCUT2D eigenvalue weighted by molar-refractivity contribution is -0.117. The van der Waals surface area contributed by atoms with Gasteiger partial charge in [0.15, 0.2) is 0 Å². The molecule has 102 valence electrons. The Labute approximate surface area is 116 Å². The number of Topliss-reactive ketones (excluding diaryl/α,β-unsaturated/α-hetero) is 1. The molecular weight excluding hydrogens is 269 g/mol. The molecule has 0 bridgehead atoms. The highest BCUT2D eigenvalue weighted by atomic mass is 35.5. The highest BCUT2D eigenvalue weighted by Crippen LogP contribution is 2.24. The first kappa shape index (κ1) is 14.0. The summed E-state index contributed by atoms with van der Waals surface area (Å²) in [6.07, 6.45) is 2.06. The number of halogens is 2. The molecule has 1 aromatic carbocycles. The normalized spacial score (nSPS) is 18.7. The van der Waals surface area contributed by atoms with Crippen molar-refractivity contribution >= 4 is 23.3 Å². The van der Waals surface area contributed by atoms with Crippen LogP contribution in [0.3, 0.4) is 0 Å². The van der Waals surface area contributed by atoms with E-state index in [9.17, 15) is 14.0 Å². The van der Waals surface area contributed by atoms with Crippen molar-refractivity contribution in [2.24, 2.45) is 0 Å². The summed E-state index contributed by atoms with van der Waals surface area (Å²) in [5, 5.41) is -0.00161. The van der Waals surface area contributed by atoms with E-state index in [0.717, 1.165) is 18.9 Å². The van der Waals surface area contributed by atoms with Crippen LogP contribution in [0.4, 0.5) is 4.39 Å². The summed E-state index contributed by atoms with van der Waals surface area (Å²) >= 11 is 5.60. The molecule has 19 heavy (non-hydrogen) atoms. The summed E-state index contributed by atoms with van der Waals surface area (Å²) in [5.74, 6) is -0.777. The zero-order chi connectivity index (χ0) is 14.0. The highest BCUT2D eigenvalue weighted by Gasteiger charge is 2.30. The molecule has 1 saturated heterocycles. The summed E-state index contributed by atoms with van der Waals surface area (Å²) < 4.78 is 13.4. The number of amides is 1. The fourth-order valence-electron chi connectivity index (χ4n) is 2.44. The second-order valence-corrected chi connectivity index (χ2v) is 5.24. The molecule has 0 radical (unpaired) electrons. The quantitative estimate of drug-likeness (QED) is 0.855. The van der Waals surface area contributed by atoms with E-state index in [4.69, 9.17) is 11.6 Å². The van der Waals surface area contributed by atoms with Crippen LogP contribution in [0.25, 0.3) is 0 Å². The molecule has 1 aliphatic rings. The fraction of sp³-hybridized carbons (Fsp3) is 0.429. The van der Waals surface area contributed by atoms with Gasteiger partial charge in [0, 0.05) is 24.6 Å². The molecule has 0 spiro atoms. The number of hydrogen-bond donors (Lipinski definition) is 0. The minimum Gasteiger partial charge on any atom is -0.335 e. The minimum absolute atomic E-state index is 0.00161. The summed E-state index contributed by atoms with van der Waals surface area (Å²) in [7, 11) is 0. The SMILES string of the molecule is CC(=O)CC1CCCN1C(=O)c1ccc(Cl)c(F)c1. The number of carbonyl (C=O) groups is 2. The Balaban J connectivity index is 2.18. The number of nitrogens with zero attached hydrogens (tertiary/aromatic N) is 1. The number of ketones is 1. The van der Waals surface area contributed by atoms with Crippen molar-refractivity contribution in [3.05, 3.63) is 34.6 Å². The van der Waals surface area contributed by atoms with Crippen molar-refractivity contribution in [2.45, 2.75) is 32.2 Å². The highest BCUT2D eigenvalue weighted by molar-refractivity contribution is 6.30. The van der Waals surface area contributed by atoms with Crippen molar-refractivity contribution < 1.29 is 14.0 Å². The summed E-state index contributed by atoms with van der Waals surface area (Å²) in [6.45, 7) is 2.13. The first-order valence-corrected chi connectivity index (χ1v) is 6.62. The van der Waals surface area contributed by atoms with Crippen LogP contribution in [0.2, 0.25) is 5.02 Å². The molecule has 2 rings (SSSR count). The molecular formula is C14H15ClFNO2. The van der Waals surface area contributed by atoms with Crippen LogP contribution >= 0.6 is 11.6 Å². The second kappa shape index (κ2) is 5.70. The molecule has 3 nitrogen and oxygen atoms in total. The van der Waals surface area contributed by atoms with Gasteiger partial charge < -0.3 is 4.90 Å². The van der Waals surface area contributed by atoms with Gasteiger partial charge in [0.25, 0.3) is 5.91 Å². The molecule has 1 amide bonds. The Morgan fingerprint density at radius 2 is 2.21 bits per heavy atom. The summed E-state index contributed by atoms with van der Waals surface area (Å²) in [5.41, 5.74) is 0.275. The van der Waals surface area contributed by atoms with Crippen LogP contribution in [0, 0.1) is 5.82 Å². The first-order valence-electron chi connectivity index (χ1n) is 6.24. The molecule has 0 aromatic heterocycles. The number of benzene rings is 1. The van der Waals surface area contributed by atoms with E-state index in [-0.39, 0.29) is 28.3 Å². The Morgan fingerprint density at radius 3 is 2.84 bits per heavy atom.